The van der Waals surface area contributed by atoms with Crippen LogP contribution in [0.4, 0.5) is 0 Å². The number of hydrogen-bond acceptors (Lipinski definition) is 2. The molecule has 0 atom stereocenters. The SMILES string of the molecule is CC(C)Oc1cc(-c2ccccc2)nc(-c2ccccc2)c1. The van der Waals surface area contributed by atoms with Crippen molar-refractivity contribution in [2.24, 2.45) is 0 Å². The molecule has 0 aliphatic rings. The number of aromatic nitrogens is 1. The van der Waals surface area contributed by atoms with Crippen LogP contribution in [-0.2, 0) is 0 Å². The Morgan fingerprint density at radius 2 is 1.18 bits per heavy atom. The molecule has 0 spiro atoms. The van der Waals surface area contributed by atoms with Gasteiger partial charge < -0.3 is 4.74 Å². The van der Waals surface area contributed by atoms with Crippen molar-refractivity contribution in [3.8, 4) is 28.3 Å². The first kappa shape index (κ1) is 14.3. The summed E-state index contributed by atoms with van der Waals surface area (Å²) in [5.41, 5.74) is 4.04. The molecular weight excluding hydrogens is 270 g/mol. The third kappa shape index (κ3) is 3.34. The fraction of sp³-hybridized carbons (Fsp3) is 0.150. The molecule has 2 nitrogen and oxygen atoms in total. The molecule has 3 aromatic rings. The summed E-state index contributed by atoms with van der Waals surface area (Å²) in [6.07, 6.45) is 0.134. The molecule has 1 heterocycles. The standard InChI is InChI=1S/C20H19NO/c1-15(2)22-18-13-19(16-9-5-3-6-10-16)21-20(14-18)17-11-7-4-8-12-17/h3-15H,1-2H3. The molecule has 0 fully saturated rings. The van der Waals surface area contributed by atoms with E-state index < -0.39 is 0 Å². The molecule has 0 unspecified atom stereocenters. The first-order chi connectivity index (χ1) is 10.7. The first-order valence-electron chi connectivity index (χ1n) is 7.52. The minimum atomic E-state index is 0.134. The minimum Gasteiger partial charge on any atom is -0.491 e. The molecule has 22 heavy (non-hydrogen) atoms. The van der Waals surface area contributed by atoms with E-state index in [1.54, 1.807) is 0 Å². The van der Waals surface area contributed by atoms with Crippen LogP contribution in [-0.4, -0.2) is 11.1 Å². The van der Waals surface area contributed by atoms with Gasteiger partial charge in [-0.1, -0.05) is 60.7 Å². The molecule has 0 aliphatic heterocycles. The molecule has 0 bridgehead atoms. The third-order valence-corrected chi connectivity index (χ3v) is 3.31. The highest BCUT2D eigenvalue weighted by Crippen LogP contribution is 2.28. The second-order valence-corrected chi connectivity index (χ2v) is 5.47. The molecular formula is C20H19NO. The summed E-state index contributed by atoms with van der Waals surface area (Å²) < 4.78 is 5.90. The molecule has 2 aromatic carbocycles. The Morgan fingerprint density at radius 1 is 0.727 bits per heavy atom. The van der Waals surface area contributed by atoms with E-state index in [1.165, 1.54) is 0 Å². The van der Waals surface area contributed by atoms with Gasteiger partial charge in [0.05, 0.1) is 17.5 Å². The zero-order valence-electron chi connectivity index (χ0n) is 12.9. The maximum Gasteiger partial charge on any atom is 0.124 e. The topological polar surface area (TPSA) is 22.1 Å². The molecule has 0 saturated heterocycles. The summed E-state index contributed by atoms with van der Waals surface area (Å²) in [6, 6.07) is 24.4. The lowest BCUT2D eigenvalue weighted by atomic mass is 10.1. The summed E-state index contributed by atoms with van der Waals surface area (Å²) in [7, 11) is 0. The predicted molar refractivity (Wildman–Crippen MR) is 90.9 cm³/mol. The molecule has 0 amide bonds. The van der Waals surface area contributed by atoms with Crippen molar-refractivity contribution in [1.82, 2.24) is 4.98 Å². The minimum absolute atomic E-state index is 0.134. The number of rotatable bonds is 4. The van der Waals surface area contributed by atoms with Gasteiger partial charge in [0.2, 0.25) is 0 Å². The highest BCUT2D eigenvalue weighted by Gasteiger charge is 2.08. The summed E-state index contributed by atoms with van der Waals surface area (Å²) >= 11 is 0. The lowest BCUT2D eigenvalue weighted by molar-refractivity contribution is 0.242. The molecule has 2 heteroatoms. The van der Waals surface area contributed by atoms with Gasteiger partial charge in [0.1, 0.15) is 5.75 Å². The van der Waals surface area contributed by atoms with Crippen LogP contribution in [0.5, 0.6) is 5.75 Å². The third-order valence-electron chi connectivity index (χ3n) is 3.31. The Bertz CT molecular complexity index is 678. The smallest absolute Gasteiger partial charge is 0.124 e. The van der Waals surface area contributed by atoms with Gasteiger partial charge in [0.25, 0.3) is 0 Å². The lowest BCUT2D eigenvalue weighted by Gasteiger charge is -2.13. The molecule has 3 rings (SSSR count). The largest absolute Gasteiger partial charge is 0.491 e. The van der Waals surface area contributed by atoms with Gasteiger partial charge in [-0.25, -0.2) is 4.98 Å². The van der Waals surface area contributed by atoms with Gasteiger partial charge in [0.15, 0.2) is 0 Å². The van der Waals surface area contributed by atoms with Gasteiger partial charge in [-0.05, 0) is 13.8 Å². The van der Waals surface area contributed by atoms with Crippen molar-refractivity contribution in [2.45, 2.75) is 20.0 Å². The van der Waals surface area contributed by atoms with E-state index >= 15 is 0 Å². The van der Waals surface area contributed by atoms with Crippen LogP contribution in [0.25, 0.3) is 22.5 Å². The normalized spacial score (nSPS) is 10.7. The Kier molecular flexibility index (Phi) is 4.19. The Labute approximate surface area is 131 Å². The van der Waals surface area contributed by atoms with Gasteiger partial charge in [-0.15, -0.1) is 0 Å². The summed E-state index contributed by atoms with van der Waals surface area (Å²) in [6.45, 7) is 4.07. The zero-order chi connectivity index (χ0) is 15.4. The number of pyridine rings is 1. The summed E-state index contributed by atoms with van der Waals surface area (Å²) in [5, 5.41) is 0. The number of nitrogens with zero attached hydrogens (tertiary/aromatic N) is 1. The maximum absolute atomic E-state index is 5.90. The van der Waals surface area contributed by atoms with E-state index in [0.29, 0.717) is 0 Å². The summed E-state index contributed by atoms with van der Waals surface area (Å²) in [5.74, 6) is 0.850. The van der Waals surface area contributed by atoms with Crippen LogP contribution in [0, 0.1) is 0 Å². The van der Waals surface area contributed by atoms with Crippen LogP contribution >= 0.6 is 0 Å². The number of ether oxygens (including phenoxy) is 1. The van der Waals surface area contributed by atoms with Gasteiger partial charge in [0, 0.05) is 23.3 Å². The van der Waals surface area contributed by atoms with Crippen LogP contribution in [0.2, 0.25) is 0 Å². The average molecular weight is 289 g/mol. The number of hydrogen-bond donors (Lipinski definition) is 0. The molecule has 0 radical (unpaired) electrons. The molecule has 1 aromatic heterocycles. The van der Waals surface area contributed by atoms with Crippen molar-refractivity contribution >= 4 is 0 Å². The predicted octanol–water partition coefficient (Wildman–Crippen LogP) is 5.20. The molecule has 110 valence electrons. The molecule has 0 N–H and O–H groups in total. The van der Waals surface area contributed by atoms with Gasteiger partial charge >= 0.3 is 0 Å². The Balaban J connectivity index is 2.10. The highest BCUT2D eigenvalue weighted by molar-refractivity contribution is 5.68. The van der Waals surface area contributed by atoms with Crippen LogP contribution in [0.1, 0.15) is 13.8 Å². The number of benzene rings is 2. The molecule has 0 aliphatic carbocycles. The van der Waals surface area contributed by atoms with Crippen molar-refractivity contribution in [2.75, 3.05) is 0 Å². The Hall–Kier alpha value is -2.61. The van der Waals surface area contributed by atoms with E-state index in [-0.39, 0.29) is 6.10 Å². The highest BCUT2D eigenvalue weighted by atomic mass is 16.5. The monoisotopic (exact) mass is 289 g/mol. The second-order valence-electron chi connectivity index (χ2n) is 5.47. The lowest BCUT2D eigenvalue weighted by Crippen LogP contribution is -2.06. The van der Waals surface area contributed by atoms with Gasteiger partial charge in [-0.3, -0.25) is 0 Å². The van der Waals surface area contributed by atoms with Crippen LogP contribution < -0.4 is 4.74 Å². The average Bonchev–Trinajstić information content (AvgIpc) is 2.55. The first-order valence-corrected chi connectivity index (χ1v) is 7.52. The van der Waals surface area contributed by atoms with Gasteiger partial charge in [-0.2, -0.15) is 0 Å². The zero-order valence-corrected chi connectivity index (χ0v) is 12.9. The fourth-order valence-electron chi connectivity index (χ4n) is 2.36. The maximum atomic E-state index is 5.90. The van der Waals surface area contributed by atoms with E-state index in [4.69, 9.17) is 9.72 Å². The van der Waals surface area contributed by atoms with E-state index in [2.05, 4.69) is 24.3 Å². The van der Waals surface area contributed by atoms with Crippen molar-refractivity contribution in [1.29, 1.82) is 0 Å². The fourth-order valence-corrected chi connectivity index (χ4v) is 2.36. The quantitative estimate of drug-likeness (QED) is 0.658. The van der Waals surface area contributed by atoms with Crippen LogP contribution in [0.3, 0.4) is 0 Å². The van der Waals surface area contributed by atoms with Crippen molar-refractivity contribution < 1.29 is 4.74 Å². The summed E-state index contributed by atoms with van der Waals surface area (Å²) in [4.78, 5) is 4.80. The second kappa shape index (κ2) is 6.44. The van der Waals surface area contributed by atoms with Crippen molar-refractivity contribution in [3.63, 3.8) is 0 Å². The van der Waals surface area contributed by atoms with Crippen LogP contribution in [0.15, 0.2) is 72.8 Å². The van der Waals surface area contributed by atoms with E-state index in [1.807, 2.05) is 62.4 Å². The Morgan fingerprint density at radius 3 is 1.59 bits per heavy atom. The van der Waals surface area contributed by atoms with E-state index in [0.717, 1.165) is 28.3 Å². The van der Waals surface area contributed by atoms with E-state index in [9.17, 15) is 0 Å². The molecule has 0 saturated carbocycles. The van der Waals surface area contributed by atoms with Crippen molar-refractivity contribution in [3.05, 3.63) is 72.8 Å².